The van der Waals surface area contributed by atoms with Crippen LogP contribution in [0.4, 0.5) is 0 Å². The first-order valence-corrected chi connectivity index (χ1v) is 2.34. The fourth-order valence-electron chi connectivity index (χ4n) is 0.222. The van der Waals surface area contributed by atoms with Gasteiger partial charge in [0.05, 0.1) is 0 Å². The van der Waals surface area contributed by atoms with Crippen LogP contribution in [-0.4, -0.2) is 28.9 Å². The van der Waals surface area contributed by atoms with Gasteiger partial charge in [0.25, 0.3) is 0 Å². The lowest BCUT2D eigenvalue weighted by molar-refractivity contribution is -0.175. The van der Waals surface area contributed by atoms with E-state index in [0.29, 0.717) is 0 Å². The van der Waals surface area contributed by atoms with Gasteiger partial charge in [-0.2, -0.15) is 5.06 Å². The number of imide groups is 1. The monoisotopic (exact) mass is 147 g/mol. The first-order valence-electron chi connectivity index (χ1n) is 2.34. The standard InChI is InChI=1S/C4H7NO3.CH2O/c1-3(6)5(8)4(2)7;1-2/h8H,1-2H3;1H2. The molecule has 10 heavy (non-hydrogen) atoms. The predicted octanol–water partition coefficient (Wildman–Crippen LogP) is -0.414. The number of amides is 2. The maximum Gasteiger partial charge on any atom is 0.250 e. The van der Waals surface area contributed by atoms with Gasteiger partial charge in [-0.3, -0.25) is 14.8 Å². The molecule has 5 heteroatoms. The number of hydroxylamine groups is 2. The van der Waals surface area contributed by atoms with Crippen LogP contribution in [0, 0.1) is 0 Å². The van der Waals surface area contributed by atoms with Crippen molar-refractivity contribution >= 4 is 18.6 Å². The van der Waals surface area contributed by atoms with E-state index < -0.39 is 11.8 Å². The van der Waals surface area contributed by atoms with Crippen LogP contribution >= 0.6 is 0 Å². The van der Waals surface area contributed by atoms with Gasteiger partial charge in [0.2, 0.25) is 11.8 Å². The van der Waals surface area contributed by atoms with Gasteiger partial charge in [-0.05, 0) is 0 Å². The fourth-order valence-corrected chi connectivity index (χ4v) is 0.222. The molecule has 0 unspecified atom stereocenters. The Morgan fingerprint density at radius 1 is 1.20 bits per heavy atom. The molecular weight excluding hydrogens is 138 g/mol. The molecular formula is C5H9NO4. The number of carbonyl (C=O) groups excluding carboxylic acids is 3. The Labute approximate surface area is 58.2 Å². The quantitative estimate of drug-likeness (QED) is 0.373. The SMILES string of the molecule is C=O.CC(=O)N(O)C(C)=O. The summed E-state index contributed by atoms with van der Waals surface area (Å²) in [7, 11) is 0. The van der Waals surface area contributed by atoms with Gasteiger partial charge < -0.3 is 4.79 Å². The van der Waals surface area contributed by atoms with Crippen LogP contribution in [0.15, 0.2) is 0 Å². The van der Waals surface area contributed by atoms with E-state index in [-0.39, 0.29) is 5.06 Å². The van der Waals surface area contributed by atoms with Crippen molar-refractivity contribution in [2.45, 2.75) is 13.8 Å². The van der Waals surface area contributed by atoms with E-state index in [1.54, 1.807) is 0 Å². The molecule has 0 spiro atoms. The summed E-state index contributed by atoms with van der Waals surface area (Å²) in [6.45, 7) is 4.20. The molecule has 0 atom stereocenters. The molecule has 58 valence electrons. The van der Waals surface area contributed by atoms with Gasteiger partial charge in [0.15, 0.2) is 0 Å². The Kier molecular flexibility index (Phi) is 6.81. The molecule has 0 fully saturated rings. The second-order valence-electron chi connectivity index (χ2n) is 1.35. The molecule has 0 bridgehead atoms. The van der Waals surface area contributed by atoms with E-state index in [4.69, 9.17) is 10.0 Å². The molecule has 5 nitrogen and oxygen atoms in total. The van der Waals surface area contributed by atoms with E-state index in [1.165, 1.54) is 0 Å². The Balaban J connectivity index is 0. The minimum absolute atomic E-state index is 0.0556. The molecule has 0 aromatic rings. The van der Waals surface area contributed by atoms with Crippen molar-refractivity contribution in [3.05, 3.63) is 0 Å². The van der Waals surface area contributed by atoms with E-state index in [0.717, 1.165) is 13.8 Å². The average molecular weight is 147 g/mol. The average Bonchev–Trinajstić information content (AvgIpc) is 1.90. The molecule has 0 aliphatic heterocycles. The van der Waals surface area contributed by atoms with Crippen molar-refractivity contribution in [2.24, 2.45) is 0 Å². The summed E-state index contributed by atoms with van der Waals surface area (Å²) < 4.78 is 0. The largest absolute Gasteiger partial charge is 0.307 e. The molecule has 0 aromatic carbocycles. The topological polar surface area (TPSA) is 74.7 Å². The van der Waals surface area contributed by atoms with Crippen LogP contribution in [0.2, 0.25) is 0 Å². The molecule has 0 aliphatic carbocycles. The Bertz CT molecular complexity index is 120. The fraction of sp³-hybridized carbons (Fsp3) is 0.400. The predicted molar refractivity (Wildman–Crippen MR) is 32.1 cm³/mol. The summed E-state index contributed by atoms with van der Waals surface area (Å²) in [5, 5.41) is 8.39. The molecule has 1 N–H and O–H groups in total. The van der Waals surface area contributed by atoms with Crippen LogP contribution in [0.5, 0.6) is 0 Å². The zero-order chi connectivity index (χ0) is 8.73. The second kappa shape index (κ2) is 5.90. The van der Waals surface area contributed by atoms with Crippen molar-refractivity contribution in [3.8, 4) is 0 Å². The number of rotatable bonds is 0. The summed E-state index contributed by atoms with van der Waals surface area (Å²) in [5.41, 5.74) is 0. The molecule has 0 rings (SSSR count). The second-order valence-corrected chi connectivity index (χ2v) is 1.35. The van der Waals surface area contributed by atoms with Gasteiger partial charge >= 0.3 is 0 Å². The molecule has 0 saturated carbocycles. The number of carbonyl (C=O) groups is 3. The highest BCUT2D eigenvalue weighted by Gasteiger charge is 2.07. The van der Waals surface area contributed by atoms with Crippen molar-refractivity contribution in [1.29, 1.82) is 0 Å². The minimum atomic E-state index is -0.669. The van der Waals surface area contributed by atoms with Crippen LogP contribution < -0.4 is 0 Å². The Morgan fingerprint density at radius 3 is 1.40 bits per heavy atom. The third-order valence-corrected chi connectivity index (χ3v) is 0.597. The first-order chi connectivity index (χ1) is 4.55. The molecule has 0 radical (unpaired) electrons. The summed E-state index contributed by atoms with van der Waals surface area (Å²) >= 11 is 0. The lowest BCUT2D eigenvalue weighted by atomic mass is 10.6. The zero-order valence-electron chi connectivity index (χ0n) is 5.83. The maximum absolute atomic E-state index is 10.0. The van der Waals surface area contributed by atoms with E-state index >= 15 is 0 Å². The highest BCUT2D eigenvalue weighted by Crippen LogP contribution is 1.80. The van der Waals surface area contributed by atoms with E-state index in [2.05, 4.69) is 0 Å². The van der Waals surface area contributed by atoms with Crippen molar-refractivity contribution in [2.75, 3.05) is 0 Å². The van der Waals surface area contributed by atoms with E-state index in [1.807, 2.05) is 6.79 Å². The van der Waals surface area contributed by atoms with Gasteiger partial charge in [0, 0.05) is 13.8 Å². The van der Waals surface area contributed by atoms with Gasteiger partial charge in [0.1, 0.15) is 6.79 Å². The van der Waals surface area contributed by atoms with Crippen molar-refractivity contribution in [3.63, 3.8) is 0 Å². The molecule has 2 amide bonds. The van der Waals surface area contributed by atoms with Crippen molar-refractivity contribution in [1.82, 2.24) is 5.06 Å². The van der Waals surface area contributed by atoms with Crippen LogP contribution in [0.3, 0.4) is 0 Å². The summed E-state index contributed by atoms with van der Waals surface area (Å²) in [5.74, 6) is -1.34. The minimum Gasteiger partial charge on any atom is -0.307 e. The normalized spacial score (nSPS) is 7.10. The number of hydrogen-bond acceptors (Lipinski definition) is 4. The van der Waals surface area contributed by atoms with E-state index in [9.17, 15) is 9.59 Å². The van der Waals surface area contributed by atoms with Crippen LogP contribution in [0.1, 0.15) is 13.8 Å². The zero-order valence-corrected chi connectivity index (χ0v) is 5.83. The summed E-state index contributed by atoms with van der Waals surface area (Å²) in [6, 6.07) is 0. The molecule has 0 heterocycles. The lowest BCUT2D eigenvalue weighted by Crippen LogP contribution is -2.29. The number of nitrogens with zero attached hydrogens (tertiary/aromatic N) is 1. The Hall–Kier alpha value is -1.23. The molecule has 0 aliphatic rings. The smallest absolute Gasteiger partial charge is 0.250 e. The molecule has 0 saturated heterocycles. The highest BCUT2D eigenvalue weighted by molar-refractivity contribution is 5.91. The first kappa shape index (κ1) is 11.6. The lowest BCUT2D eigenvalue weighted by Gasteiger charge is -2.04. The maximum atomic E-state index is 10.0. The molecule has 0 aromatic heterocycles. The Morgan fingerprint density at radius 2 is 1.40 bits per heavy atom. The van der Waals surface area contributed by atoms with Crippen molar-refractivity contribution < 1.29 is 19.6 Å². The summed E-state index contributed by atoms with van der Waals surface area (Å²) in [6.07, 6.45) is 0. The summed E-state index contributed by atoms with van der Waals surface area (Å²) in [4.78, 5) is 28.1. The third-order valence-electron chi connectivity index (χ3n) is 0.597. The van der Waals surface area contributed by atoms with Gasteiger partial charge in [-0.25, -0.2) is 0 Å². The van der Waals surface area contributed by atoms with Crippen LogP contribution in [0.25, 0.3) is 0 Å². The highest BCUT2D eigenvalue weighted by atomic mass is 16.5. The van der Waals surface area contributed by atoms with Gasteiger partial charge in [-0.15, -0.1) is 0 Å². The number of hydrogen-bond donors (Lipinski definition) is 1. The third kappa shape index (κ3) is 4.92. The van der Waals surface area contributed by atoms with Crippen LogP contribution in [-0.2, 0) is 14.4 Å². The van der Waals surface area contributed by atoms with Gasteiger partial charge in [-0.1, -0.05) is 0 Å².